The van der Waals surface area contributed by atoms with Crippen molar-refractivity contribution in [1.29, 1.82) is 0 Å². The van der Waals surface area contributed by atoms with Crippen LogP contribution in [-0.4, -0.2) is 0 Å². The molecule has 2 atom stereocenters. The Kier molecular flexibility index (Phi) is 12.7. The second-order valence-corrected chi connectivity index (χ2v) is 8.40. The minimum absolute atomic E-state index is 0. The van der Waals surface area contributed by atoms with Gasteiger partial charge >= 0.3 is 26.2 Å². The molecule has 0 saturated heterocycles. The summed E-state index contributed by atoms with van der Waals surface area (Å²) in [5, 5.41) is 0. The number of allylic oxidation sites excluding steroid dienone is 8. The van der Waals surface area contributed by atoms with Gasteiger partial charge in [-0.05, 0) is 24.7 Å². The first-order valence-electron chi connectivity index (χ1n) is 10.0. The Morgan fingerprint density at radius 3 is 1.44 bits per heavy atom. The first-order valence-corrected chi connectivity index (χ1v) is 10.0. The van der Waals surface area contributed by atoms with Gasteiger partial charge in [-0.15, -0.1) is 24.3 Å². The molecule has 0 spiro atoms. The van der Waals surface area contributed by atoms with Crippen LogP contribution in [0.4, 0.5) is 0 Å². The third kappa shape index (κ3) is 6.59. The fraction of sp³-hybridized carbons (Fsp3) is 0.583. The van der Waals surface area contributed by atoms with E-state index in [1.54, 1.807) is 23.0 Å². The fourth-order valence-electron chi connectivity index (χ4n) is 4.83. The molecule has 3 heteroatoms. The van der Waals surface area contributed by atoms with E-state index in [4.69, 9.17) is 0 Å². The summed E-state index contributed by atoms with van der Waals surface area (Å²) in [6.45, 7) is 9.27. The number of hydrogen-bond acceptors (Lipinski definition) is 0. The van der Waals surface area contributed by atoms with Crippen molar-refractivity contribution >= 4 is 0 Å². The first-order chi connectivity index (χ1) is 11.6. The van der Waals surface area contributed by atoms with E-state index in [0.717, 1.165) is 23.7 Å². The van der Waals surface area contributed by atoms with Gasteiger partial charge in [-0.1, -0.05) is 65.2 Å². The van der Waals surface area contributed by atoms with Crippen molar-refractivity contribution in [2.75, 3.05) is 0 Å². The van der Waals surface area contributed by atoms with Crippen molar-refractivity contribution in [1.82, 2.24) is 0 Å². The second-order valence-electron chi connectivity index (χ2n) is 8.40. The maximum absolute atomic E-state index is 2.33. The predicted octanol–water partition coefficient (Wildman–Crippen LogP) is 1.03. The van der Waals surface area contributed by atoms with Gasteiger partial charge in [0.1, 0.15) is 0 Å². The van der Waals surface area contributed by atoms with E-state index in [-0.39, 0.29) is 51.0 Å². The van der Waals surface area contributed by atoms with Crippen molar-refractivity contribution in [2.45, 2.75) is 66.2 Å². The third-order valence-electron chi connectivity index (χ3n) is 6.20. The molecular formula is C24H34Cl2Zr. The molecule has 0 aromatic heterocycles. The minimum atomic E-state index is 0. The van der Waals surface area contributed by atoms with Crippen molar-refractivity contribution in [3.05, 3.63) is 59.4 Å². The van der Waals surface area contributed by atoms with E-state index >= 15 is 0 Å². The van der Waals surface area contributed by atoms with Gasteiger partial charge in [-0.2, -0.15) is 0 Å². The Hall–Kier alpha value is 0.163. The summed E-state index contributed by atoms with van der Waals surface area (Å²) in [5.74, 6) is 6.67. The van der Waals surface area contributed by atoms with Gasteiger partial charge in [-0.25, -0.2) is 35.1 Å². The van der Waals surface area contributed by atoms with Crippen molar-refractivity contribution in [3.63, 3.8) is 0 Å². The van der Waals surface area contributed by atoms with Crippen molar-refractivity contribution in [2.24, 2.45) is 23.7 Å². The van der Waals surface area contributed by atoms with Crippen LogP contribution in [0.15, 0.2) is 47.6 Å². The standard InChI is InChI=1S/2C12H17.2ClH.Zr/c2*1-9(2)11-8-7-10-5-3-4-6-12(10)11;;;/h2*3-4,6,9-10H,5,7-8H2,1-2H3;2*1H;/q2*-1;;;+4/p-2. The van der Waals surface area contributed by atoms with Crippen molar-refractivity contribution in [3.8, 4) is 0 Å². The van der Waals surface area contributed by atoms with Crippen LogP contribution in [0.5, 0.6) is 0 Å². The molecule has 0 aromatic rings. The molecule has 0 amide bonds. The normalized spacial score (nSPS) is 24.7. The van der Waals surface area contributed by atoms with Crippen LogP contribution in [-0.2, 0) is 26.2 Å². The Labute approximate surface area is 199 Å². The largest absolute Gasteiger partial charge is 4.00 e. The summed E-state index contributed by atoms with van der Waals surface area (Å²) in [5.41, 5.74) is 3.32. The van der Waals surface area contributed by atoms with Crippen LogP contribution in [0.3, 0.4) is 0 Å². The van der Waals surface area contributed by atoms with E-state index in [1.807, 2.05) is 0 Å². The van der Waals surface area contributed by atoms with Crippen LogP contribution in [0.2, 0.25) is 0 Å². The van der Waals surface area contributed by atoms with E-state index in [2.05, 4.69) is 64.2 Å². The SMILES string of the molecule is CC(C)[C-]1CCC2CC=CC=C12.CC(C)[C-]1CCC2CC=CC=C12.[Cl-].[Cl-].[Zr+4]. The fourth-order valence-corrected chi connectivity index (χ4v) is 4.83. The van der Waals surface area contributed by atoms with Crippen LogP contribution in [0.1, 0.15) is 66.2 Å². The molecule has 4 aliphatic carbocycles. The molecule has 0 radical (unpaired) electrons. The monoisotopic (exact) mass is 482 g/mol. The zero-order chi connectivity index (χ0) is 17.1. The number of fused-ring (bicyclic) bond motifs is 2. The van der Waals surface area contributed by atoms with Gasteiger partial charge in [0.2, 0.25) is 0 Å². The first kappa shape index (κ1) is 27.2. The molecule has 2 saturated carbocycles. The molecule has 2 fully saturated rings. The molecule has 0 heterocycles. The summed E-state index contributed by atoms with van der Waals surface area (Å²) in [7, 11) is 0. The van der Waals surface area contributed by atoms with Gasteiger partial charge in [-0.3, -0.25) is 0 Å². The number of halogens is 2. The van der Waals surface area contributed by atoms with Gasteiger partial charge in [0.25, 0.3) is 0 Å². The molecular weight excluding hydrogens is 450 g/mol. The number of rotatable bonds is 2. The zero-order valence-electron chi connectivity index (χ0n) is 17.3. The van der Waals surface area contributed by atoms with Crippen LogP contribution in [0, 0.1) is 35.5 Å². The molecule has 2 unspecified atom stereocenters. The minimum Gasteiger partial charge on any atom is -1.00 e. The van der Waals surface area contributed by atoms with Gasteiger partial charge in [0.05, 0.1) is 0 Å². The summed E-state index contributed by atoms with van der Waals surface area (Å²) < 4.78 is 0. The summed E-state index contributed by atoms with van der Waals surface area (Å²) in [6.07, 6.45) is 21.7. The van der Waals surface area contributed by atoms with Gasteiger partial charge < -0.3 is 24.8 Å². The van der Waals surface area contributed by atoms with E-state index < -0.39 is 0 Å². The van der Waals surface area contributed by atoms with E-state index in [1.165, 1.54) is 38.5 Å². The smallest absolute Gasteiger partial charge is 1.00 e. The molecule has 4 rings (SSSR count). The Bertz CT molecular complexity index is 507. The maximum Gasteiger partial charge on any atom is 4.00 e. The quantitative estimate of drug-likeness (QED) is 0.514. The Morgan fingerprint density at radius 1 is 0.741 bits per heavy atom. The average molecular weight is 485 g/mol. The average Bonchev–Trinajstić information content (AvgIpc) is 3.19. The molecule has 0 aliphatic heterocycles. The van der Waals surface area contributed by atoms with Crippen LogP contribution >= 0.6 is 0 Å². The summed E-state index contributed by atoms with van der Waals surface area (Å²) in [4.78, 5) is 0. The third-order valence-corrected chi connectivity index (χ3v) is 6.20. The van der Waals surface area contributed by atoms with E-state index in [9.17, 15) is 0 Å². The molecule has 0 N–H and O–H groups in total. The van der Waals surface area contributed by atoms with E-state index in [0.29, 0.717) is 0 Å². The van der Waals surface area contributed by atoms with Crippen molar-refractivity contribution < 1.29 is 51.0 Å². The summed E-state index contributed by atoms with van der Waals surface area (Å²) >= 11 is 0. The number of hydrogen-bond donors (Lipinski definition) is 0. The Balaban J connectivity index is 0.000000451. The van der Waals surface area contributed by atoms with Crippen LogP contribution < -0.4 is 24.8 Å². The molecule has 27 heavy (non-hydrogen) atoms. The topological polar surface area (TPSA) is 0 Å². The molecule has 148 valence electrons. The maximum atomic E-state index is 2.33. The second kappa shape index (κ2) is 12.7. The predicted molar refractivity (Wildman–Crippen MR) is 105 cm³/mol. The molecule has 0 aromatic carbocycles. The van der Waals surface area contributed by atoms with Gasteiger partial charge in [0.15, 0.2) is 0 Å². The zero-order valence-corrected chi connectivity index (χ0v) is 21.2. The molecule has 0 bridgehead atoms. The Morgan fingerprint density at radius 2 is 1.11 bits per heavy atom. The summed E-state index contributed by atoms with van der Waals surface area (Å²) in [6, 6.07) is 0. The van der Waals surface area contributed by atoms with Gasteiger partial charge in [0, 0.05) is 0 Å². The molecule has 0 nitrogen and oxygen atoms in total. The van der Waals surface area contributed by atoms with Crippen LogP contribution in [0.25, 0.3) is 0 Å². The molecule has 4 aliphatic rings.